The number of hydrogen-bond acceptors (Lipinski definition) is 5. The maximum atomic E-state index is 10.7. The van der Waals surface area contributed by atoms with Gasteiger partial charge in [0.2, 0.25) is 0 Å². The Balaban J connectivity index is 2.40. The van der Waals surface area contributed by atoms with E-state index in [4.69, 9.17) is 0 Å². The van der Waals surface area contributed by atoms with Gasteiger partial charge in [0, 0.05) is 30.2 Å². The van der Waals surface area contributed by atoms with Gasteiger partial charge in [-0.3, -0.25) is 20.2 Å². The van der Waals surface area contributed by atoms with Crippen LogP contribution in [0.1, 0.15) is 30.4 Å². The molecule has 2 aromatic rings. The lowest BCUT2D eigenvalue weighted by atomic mass is 9.85. The molecular weight excluding hydrogens is 300 g/mol. The predicted molar refractivity (Wildman–Crippen MR) is 84.3 cm³/mol. The number of nitro groups is 2. The van der Waals surface area contributed by atoms with Crippen molar-refractivity contribution in [3.05, 3.63) is 79.9 Å². The molecule has 1 atom stereocenters. The normalized spacial score (nSPS) is 12.1. The number of aliphatic hydroxyl groups is 1. The van der Waals surface area contributed by atoms with Crippen LogP contribution < -0.4 is 0 Å². The van der Waals surface area contributed by atoms with Crippen molar-refractivity contribution in [1.29, 1.82) is 0 Å². The maximum Gasteiger partial charge on any atom is 0.269 e. The van der Waals surface area contributed by atoms with Crippen LogP contribution in [0.4, 0.5) is 11.4 Å². The van der Waals surface area contributed by atoms with Crippen LogP contribution >= 0.6 is 0 Å². The predicted octanol–water partition coefficient (Wildman–Crippen LogP) is 3.41. The molecule has 0 heterocycles. The lowest BCUT2D eigenvalue weighted by Gasteiger charge is -2.23. The van der Waals surface area contributed by atoms with Gasteiger partial charge < -0.3 is 5.11 Å². The second-order valence-electron chi connectivity index (χ2n) is 5.15. The fraction of sp³-hybridized carbons (Fsp3) is 0.250. The fourth-order valence-corrected chi connectivity index (χ4v) is 2.48. The number of nitro benzene ring substituents is 2. The number of benzene rings is 2. The molecule has 120 valence electrons. The number of non-ortho nitro benzene ring substituents is 2. The summed E-state index contributed by atoms with van der Waals surface area (Å²) in [6, 6.07) is 11.9. The Morgan fingerprint density at radius 2 is 1.22 bits per heavy atom. The third-order valence-corrected chi connectivity index (χ3v) is 3.73. The minimum Gasteiger partial charge on any atom is -0.392 e. The zero-order chi connectivity index (χ0) is 17.0. The van der Waals surface area contributed by atoms with Gasteiger partial charge in [-0.15, -0.1) is 0 Å². The molecule has 7 nitrogen and oxygen atoms in total. The van der Waals surface area contributed by atoms with Crippen LogP contribution in [-0.4, -0.2) is 21.1 Å². The molecule has 0 radical (unpaired) electrons. The Morgan fingerprint density at radius 3 is 1.48 bits per heavy atom. The molecule has 2 aromatic carbocycles. The van der Waals surface area contributed by atoms with Crippen molar-refractivity contribution in [2.45, 2.75) is 25.4 Å². The van der Waals surface area contributed by atoms with E-state index in [0.29, 0.717) is 6.42 Å². The van der Waals surface area contributed by atoms with Crippen molar-refractivity contribution in [2.24, 2.45) is 0 Å². The van der Waals surface area contributed by atoms with Crippen molar-refractivity contribution < 1.29 is 15.0 Å². The quantitative estimate of drug-likeness (QED) is 0.649. The van der Waals surface area contributed by atoms with Gasteiger partial charge in [0.15, 0.2) is 0 Å². The monoisotopic (exact) mass is 316 g/mol. The van der Waals surface area contributed by atoms with Crippen LogP contribution in [0, 0.1) is 20.2 Å². The highest BCUT2D eigenvalue weighted by molar-refractivity contribution is 5.42. The molecule has 0 amide bonds. The van der Waals surface area contributed by atoms with Crippen LogP contribution in [-0.2, 0) is 0 Å². The highest BCUT2D eigenvalue weighted by Crippen LogP contribution is 2.31. The van der Waals surface area contributed by atoms with Crippen LogP contribution in [0.3, 0.4) is 0 Å². The van der Waals surface area contributed by atoms with Gasteiger partial charge in [0.05, 0.1) is 16.0 Å². The number of aliphatic hydroxyl groups excluding tert-OH is 1. The molecule has 0 spiro atoms. The lowest BCUT2D eigenvalue weighted by molar-refractivity contribution is -0.385. The second kappa shape index (κ2) is 6.97. The third-order valence-electron chi connectivity index (χ3n) is 3.73. The number of hydrogen-bond donors (Lipinski definition) is 1. The highest BCUT2D eigenvalue weighted by Gasteiger charge is 2.23. The van der Waals surface area contributed by atoms with Gasteiger partial charge in [-0.1, -0.05) is 31.2 Å². The van der Waals surface area contributed by atoms with Crippen molar-refractivity contribution in [2.75, 3.05) is 0 Å². The van der Waals surface area contributed by atoms with Gasteiger partial charge in [-0.2, -0.15) is 0 Å². The molecule has 0 aliphatic carbocycles. The SMILES string of the molecule is CCC(O)C(c1ccc([N+](=O)[O-])cc1)c1ccc([N+](=O)[O-])cc1. The molecule has 23 heavy (non-hydrogen) atoms. The average molecular weight is 316 g/mol. The largest absolute Gasteiger partial charge is 0.392 e. The van der Waals surface area contributed by atoms with E-state index in [1.54, 1.807) is 24.3 Å². The average Bonchev–Trinajstić information content (AvgIpc) is 2.55. The summed E-state index contributed by atoms with van der Waals surface area (Å²) in [5.41, 5.74) is 1.39. The van der Waals surface area contributed by atoms with Gasteiger partial charge in [0.1, 0.15) is 0 Å². The minimum absolute atomic E-state index is 0.0258. The van der Waals surface area contributed by atoms with Gasteiger partial charge in [0.25, 0.3) is 11.4 Å². The second-order valence-corrected chi connectivity index (χ2v) is 5.15. The van der Waals surface area contributed by atoms with Crippen molar-refractivity contribution in [1.82, 2.24) is 0 Å². The molecule has 0 saturated carbocycles. The zero-order valence-electron chi connectivity index (χ0n) is 12.5. The molecule has 1 unspecified atom stereocenters. The highest BCUT2D eigenvalue weighted by atomic mass is 16.6. The molecule has 2 rings (SSSR count). The fourth-order valence-electron chi connectivity index (χ4n) is 2.48. The summed E-state index contributed by atoms with van der Waals surface area (Å²) in [6.45, 7) is 1.83. The Bertz CT molecular complexity index is 640. The molecule has 0 bridgehead atoms. The summed E-state index contributed by atoms with van der Waals surface area (Å²) in [5, 5.41) is 31.8. The third kappa shape index (κ3) is 3.70. The van der Waals surface area contributed by atoms with Crippen molar-refractivity contribution in [3.63, 3.8) is 0 Å². The van der Waals surface area contributed by atoms with E-state index in [-0.39, 0.29) is 11.4 Å². The van der Waals surface area contributed by atoms with E-state index in [0.717, 1.165) is 11.1 Å². The van der Waals surface area contributed by atoms with Crippen LogP contribution in [0.2, 0.25) is 0 Å². The Labute approximate surface area is 132 Å². The molecule has 0 fully saturated rings. The van der Waals surface area contributed by atoms with Gasteiger partial charge >= 0.3 is 0 Å². The van der Waals surface area contributed by atoms with Crippen molar-refractivity contribution in [3.8, 4) is 0 Å². The van der Waals surface area contributed by atoms with Crippen molar-refractivity contribution >= 4 is 11.4 Å². The van der Waals surface area contributed by atoms with E-state index in [2.05, 4.69) is 0 Å². The molecular formula is C16H16N2O5. The first-order valence-corrected chi connectivity index (χ1v) is 7.10. The maximum absolute atomic E-state index is 10.7. The first-order valence-electron chi connectivity index (χ1n) is 7.10. The smallest absolute Gasteiger partial charge is 0.269 e. The minimum atomic E-state index is -0.696. The summed E-state index contributed by atoms with van der Waals surface area (Å²) in [4.78, 5) is 20.5. The summed E-state index contributed by atoms with van der Waals surface area (Å²) in [7, 11) is 0. The van der Waals surface area contributed by atoms with E-state index in [1.807, 2.05) is 6.92 Å². The first-order chi connectivity index (χ1) is 10.9. The van der Waals surface area contributed by atoms with Gasteiger partial charge in [-0.25, -0.2) is 0 Å². The number of nitrogens with zero attached hydrogens (tertiary/aromatic N) is 2. The van der Waals surface area contributed by atoms with Gasteiger partial charge in [-0.05, 0) is 17.5 Å². The lowest BCUT2D eigenvalue weighted by Crippen LogP contribution is -2.18. The Kier molecular flexibility index (Phi) is 5.02. The number of rotatable bonds is 6. The standard InChI is InChI=1S/C16H16N2O5/c1-2-15(19)16(11-3-7-13(8-4-11)17(20)21)12-5-9-14(10-6-12)18(22)23/h3-10,15-16,19H,2H2,1H3. The van der Waals surface area contributed by atoms with E-state index >= 15 is 0 Å². The summed E-state index contributed by atoms with van der Waals surface area (Å²) in [5.74, 6) is -0.401. The van der Waals surface area contributed by atoms with Crippen LogP contribution in [0.25, 0.3) is 0 Å². The van der Waals surface area contributed by atoms with Crippen LogP contribution in [0.5, 0.6) is 0 Å². The zero-order valence-corrected chi connectivity index (χ0v) is 12.5. The molecule has 0 aliphatic heterocycles. The summed E-state index contributed by atoms with van der Waals surface area (Å²) >= 11 is 0. The van der Waals surface area contributed by atoms with E-state index in [9.17, 15) is 25.3 Å². The Hall–Kier alpha value is -2.80. The first kappa shape index (κ1) is 16.6. The molecule has 7 heteroatoms. The van der Waals surface area contributed by atoms with E-state index < -0.39 is 21.9 Å². The molecule has 0 aromatic heterocycles. The van der Waals surface area contributed by atoms with E-state index in [1.165, 1.54) is 24.3 Å². The molecule has 0 aliphatic rings. The molecule has 1 N–H and O–H groups in total. The topological polar surface area (TPSA) is 107 Å². The van der Waals surface area contributed by atoms with Crippen LogP contribution in [0.15, 0.2) is 48.5 Å². The summed E-state index contributed by atoms with van der Waals surface area (Å²) < 4.78 is 0. The Morgan fingerprint density at radius 1 is 0.870 bits per heavy atom. The molecule has 0 saturated heterocycles. The summed E-state index contributed by atoms with van der Waals surface area (Å²) in [6.07, 6.45) is -0.212.